The van der Waals surface area contributed by atoms with Gasteiger partial charge in [-0.15, -0.1) is 0 Å². The van der Waals surface area contributed by atoms with Crippen LogP contribution in [0.25, 0.3) is 0 Å². The zero-order chi connectivity index (χ0) is 13.5. The summed E-state index contributed by atoms with van der Waals surface area (Å²) in [5.74, 6) is 0.287. The molecule has 0 saturated carbocycles. The van der Waals surface area contributed by atoms with Gasteiger partial charge in [0.25, 0.3) is 0 Å². The lowest BCUT2D eigenvalue weighted by molar-refractivity contribution is -0.158. The number of piperazine rings is 1. The van der Waals surface area contributed by atoms with Crippen LogP contribution in [0.1, 0.15) is 47.0 Å². The van der Waals surface area contributed by atoms with Crippen molar-refractivity contribution in [3.8, 4) is 0 Å². The number of carbonyl (C=O) groups excluding carboxylic acids is 2. The highest BCUT2D eigenvalue weighted by Gasteiger charge is 2.45. The third-order valence-electron chi connectivity index (χ3n) is 4.03. The van der Waals surface area contributed by atoms with Gasteiger partial charge < -0.3 is 9.80 Å². The van der Waals surface area contributed by atoms with Gasteiger partial charge >= 0.3 is 0 Å². The summed E-state index contributed by atoms with van der Waals surface area (Å²) in [4.78, 5) is 28.2. The topological polar surface area (TPSA) is 40.6 Å². The molecule has 102 valence electrons. The first kappa shape index (κ1) is 13.4. The minimum Gasteiger partial charge on any atom is -0.329 e. The molecule has 2 aliphatic heterocycles. The maximum absolute atomic E-state index is 12.4. The van der Waals surface area contributed by atoms with Gasteiger partial charge in [0.05, 0.1) is 0 Å². The monoisotopic (exact) mass is 252 g/mol. The summed E-state index contributed by atoms with van der Waals surface area (Å²) < 4.78 is 0. The van der Waals surface area contributed by atoms with E-state index in [-0.39, 0.29) is 29.3 Å². The number of amides is 2. The van der Waals surface area contributed by atoms with E-state index in [9.17, 15) is 9.59 Å². The van der Waals surface area contributed by atoms with Gasteiger partial charge in [-0.1, -0.05) is 20.8 Å². The Morgan fingerprint density at radius 3 is 2.50 bits per heavy atom. The molecular formula is C14H24N2O2. The summed E-state index contributed by atoms with van der Waals surface area (Å²) in [6.45, 7) is 9.80. The predicted molar refractivity (Wildman–Crippen MR) is 70.0 cm³/mol. The second-order valence-electron chi connectivity index (χ2n) is 6.71. The van der Waals surface area contributed by atoms with E-state index in [4.69, 9.17) is 0 Å². The largest absolute Gasteiger partial charge is 0.329 e. The maximum atomic E-state index is 12.4. The average molecular weight is 252 g/mol. The number of rotatable bonds is 2. The molecule has 0 spiro atoms. The Bertz CT molecular complexity index is 359. The van der Waals surface area contributed by atoms with Crippen molar-refractivity contribution in [2.45, 2.75) is 59.0 Å². The summed E-state index contributed by atoms with van der Waals surface area (Å²) in [6.07, 6.45) is 2.73. The minimum atomic E-state index is -0.283. The number of hydrogen-bond acceptors (Lipinski definition) is 2. The lowest BCUT2D eigenvalue weighted by Crippen LogP contribution is -2.62. The molecule has 4 heteroatoms. The Morgan fingerprint density at radius 1 is 1.22 bits per heavy atom. The van der Waals surface area contributed by atoms with Crippen LogP contribution in [0, 0.1) is 5.41 Å². The van der Waals surface area contributed by atoms with E-state index >= 15 is 0 Å². The lowest BCUT2D eigenvalue weighted by atomic mass is 9.91. The first-order chi connectivity index (χ1) is 8.31. The highest BCUT2D eigenvalue weighted by Crippen LogP contribution is 2.28. The lowest BCUT2D eigenvalue weighted by Gasteiger charge is -2.41. The molecule has 2 fully saturated rings. The second-order valence-corrected chi connectivity index (χ2v) is 6.71. The SMILES string of the molecule is CC1C(=O)N2CCCC2C(=O)N1CCC(C)(C)C. The van der Waals surface area contributed by atoms with E-state index in [0.29, 0.717) is 6.54 Å². The molecule has 0 aliphatic carbocycles. The van der Waals surface area contributed by atoms with Crippen molar-refractivity contribution in [1.29, 1.82) is 0 Å². The molecule has 0 aromatic rings. The van der Waals surface area contributed by atoms with Crippen LogP contribution in [-0.2, 0) is 9.59 Å². The smallest absolute Gasteiger partial charge is 0.246 e. The summed E-state index contributed by atoms with van der Waals surface area (Å²) in [6, 6.07) is -0.456. The van der Waals surface area contributed by atoms with Crippen LogP contribution in [0.4, 0.5) is 0 Å². The normalized spacial score (nSPS) is 28.9. The summed E-state index contributed by atoms with van der Waals surface area (Å²) in [5.41, 5.74) is 0.190. The number of hydrogen-bond donors (Lipinski definition) is 0. The van der Waals surface area contributed by atoms with Crippen LogP contribution >= 0.6 is 0 Å². The molecule has 0 radical (unpaired) electrons. The third-order valence-corrected chi connectivity index (χ3v) is 4.03. The zero-order valence-electron chi connectivity index (χ0n) is 11.9. The molecule has 2 rings (SSSR count). The molecule has 0 aromatic carbocycles. The number of nitrogens with zero attached hydrogens (tertiary/aromatic N) is 2. The minimum absolute atomic E-state index is 0.131. The summed E-state index contributed by atoms with van der Waals surface area (Å²) in [7, 11) is 0. The molecule has 2 saturated heterocycles. The summed E-state index contributed by atoms with van der Waals surface area (Å²) in [5, 5.41) is 0. The van der Waals surface area contributed by atoms with E-state index in [1.807, 2.05) is 6.92 Å². The quantitative estimate of drug-likeness (QED) is 0.749. The Kier molecular flexibility index (Phi) is 3.39. The molecule has 0 bridgehead atoms. The van der Waals surface area contributed by atoms with Crippen molar-refractivity contribution in [1.82, 2.24) is 9.80 Å². The van der Waals surface area contributed by atoms with Crippen molar-refractivity contribution in [2.24, 2.45) is 5.41 Å². The van der Waals surface area contributed by atoms with Crippen LogP contribution in [0.3, 0.4) is 0 Å². The van der Waals surface area contributed by atoms with E-state index in [2.05, 4.69) is 20.8 Å². The van der Waals surface area contributed by atoms with Gasteiger partial charge in [0.1, 0.15) is 12.1 Å². The molecular weight excluding hydrogens is 228 g/mol. The fourth-order valence-corrected chi connectivity index (χ4v) is 2.80. The van der Waals surface area contributed by atoms with E-state index in [0.717, 1.165) is 25.8 Å². The standard InChI is InChI=1S/C14H24N2O2/c1-10-12(17)16-8-5-6-11(16)13(18)15(10)9-7-14(2,3)4/h10-11H,5-9H2,1-4H3. The van der Waals surface area contributed by atoms with E-state index < -0.39 is 0 Å². The first-order valence-electron chi connectivity index (χ1n) is 6.92. The summed E-state index contributed by atoms with van der Waals surface area (Å²) >= 11 is 0. The molecule has 0 N–H and O–H groups in total. The van der Waals surface area contributed by atoms with E-state index in [1.54, 1.807) is 9.80 Å². The van der Waals surface area contributed by atoms with Gasteiger partial charge in [0.2, 0.25) is 11.8 Å². The number of fused-ring (bicyclic) bond motifs is 1. The molecule has 4 nitrogen and oxygen atoms in total. The van der Waals surface area contributed by atoms with E-state index in [1.165, 1.54) is 0 Å². The Morgan fingerprint density at radius 2 is 1.89 bits per heavy atom. The van der Waals surface area contributed by atoms with Crippen molar-refractivity contribution in [2.75, 3.05) is 13.1 Å². The van der Waals surface area contributed by atoms with Gasteiger partial charge in [-0.05, 0) is 31.6 Å². The van der Waals surface area contributed by atoms with Crippen molar-refractivity contribution >= 4 is 11.8 Å². The molecule has 2 amide bonds. The van der Waals surface area contributed by atoms with Gasteiger partial charge in [-0.2, -0.15) is 0 Å². The highest BCUT2D eigenvalue weighted by atomic mass is 16.2. The number of carbonyl (C=O) groups is 2. The molecule has 2 unspecified atom stereocenters. The van der Waals surface area contributed by atoms with Crippen LogP contribution in [-0.4, -0.2) is 46.8 Å². The van der Waals surface area contributed by atoms with Crippen molar-refractivity contribution < 1.29 is 9.59 Å². The molecule has 2 heterocycles. The van der Waals surface area contributed by atoms with Gasteiger partial charge in [-0.3, -0.25) is 9.59 Å². The highest BCUT2D eigenvalue weighted by molar-refractivity contribution is 5.97. The third kappa shape index (κ3) is 2.38. The molecule has 18 heavy (non-hydrogen) atoms. The molecule has 2 aliphatic rings. The maximum Gasteiger partial charge on any atom is 0.246 e. The van der Waals surface area contributed by atoms with Crippen molar-refractivity contribution in [3.63, 3.8) is 0 Å². The van der Waals surface area contributed by atoms with Gasteiger partial charge in [0.15, 0.2) is 0 Å². The van der Waals surface area contributed by atoms with Crippen LogP contribution in [0.5, 0.6) is 0 Å². The fourth-order valence-electron chi connectivity index (χ4n) is 2.80. The Hall–Kier alpha value is -1.06. The van der Waals surface area contributed by atoms with Crippen LogP contribution in [0.15, 0.2) is 0 Å². The van der Waals surface area contributed by atoms with Crippen LogP contribution < -0.4 is 0 Å². The second kappa shape index (κ2) is 4.56. The van der Waals surface area contributed by atoms with Crippen LogP contribution in [0.2, 0.25) is 0 Å². The van der Waals surface area contributed by atoms with Crippen molar-refractivity contribution in [3.05, 3.63) is 0 Å². The Balaban J connectivity index is 2.10. The predicted octanol–water partition coefficient (Wildman–Crippen LogP) is 1.64. The Labute approximate surface area is 109 Å². The average Bonchev–Trinajstić information content (AvgIpc) is 2.73. The van der Waals surface area contributed by atoms with Gasteiger partial charge in [0, 0.05) is 13.1 Å². The molecule has 2 atom stereocenters. The first-order valence-corrected chi connectivity index (χ1v) is 6.92. The fraction of sp³-hybridized carbons (Fsp3) is 0.857. The molecule has 0 aromatic heterocycles. The zero-order valence-corrected chi connectivity index (χ0v) is 11.9. The van der Waals surface area contributed by atoms with Gasteiger partial charge in [-0.25, -0.2) is 0 Å².